The molecule has 1 fully saturated rings. The van der Waals surface area contributed by atoms with Crippen LogP contribution in [-0.4, -0.2) is 17.7 Å². The van der Waals surface area contributed by atoms with Gasteiger partial charge in [-0.05, 0) is 44.0 Å². The summed E-state index contributed by atoms with van der Waals surface area (Å²) in [7, 11) is 0. The first-order valence-electron chi connectivity index (χ1n) is 9.78. The Labute approximate surface area is 176 Å². The Morgan fingerprint density at radius 1 is 1.00 bits per heavy atom. The van der Waals surface area contributed by atoms with Crippen molar-refractivity contribution in [3.63, 3.8) is 0 Å². The lowest BCUT2D eigenvalue weighted by Gasteiger charge is -2.19. The number of anilines is 2. The minimum absolute atomic E-state index is 0.0514. The minimum atomic E-state index is -4.65. The third-order valence-corrected chi connectivity index (χ3v) is 5.69. The Morgan fingerprint density at radius 2 is 1.65 bits per heavy atom. The van der Waals surface area contributed by atoms with Gasteiger partial charge in [0.1, 0.15) is 0 Å². The fourth-order valence-electron chi connectivity index (χ4n) is 4.16. The van der Waals surface area contributed by atoms with E-state index in [0.29, 0.717) is 12.8 Å². The van der Waals surface area contributed by atoms with Crippen molar-refractivity contribution in [1.29, 1.82) is 0 Å². The predicted molar refractivity (Wildman–Crippen MR) is 108 cm³/mol. The molecule has 3 amide bonds. The van der Waals surface area contributed by atoms with Gasteiger partial charge in [0, 0.05) is 0 Å². The van der Waals surface area contributed by atoms with Crippen molar-refractivity contribution < 1.29 is 27.6 Å². The number of para-hydroxylation sites is 2. The minimum Gasteiger partial charge on any atom is -0.321 e. The number of nitrogens with zero attached hydrogens (tertiary/aromatic N) is 1. The molecule has 1 saturated heterocycles. The van der Waals surface area contributed by atoms with Gasteiger partial charge in [0.15, 0.2) is 0 Å². The van der Waals surface area contributed by atoms with E-state index in [4.69, 9.17) is 0 Å². The summed E-state index contributed by atoms with van der Waals surface area (Å²) in [4.78, 5) is 39.9. The van der Waals surface area contributed by atoms with E-state index in [1.165, 1.54) is 30.3 Å². The number of imide groups is 1. The van der Waals surface area contributed by atoms with Gasteiger partial charge in [0.05, 0.1) is 34.3 Å². The molecule has 2 atom stereocenters. The zero-order valence-corrected chi connectivity index (χ0v) is 16.6. The van der Waals surface area contributed by atoms with Crippen molar-refractivity contribution >= 4 is 29.1 Å². The summed E-state index contributed by atoms with van der Waals surface area (Å²) < 4.78 is 39.8. The molecule has 1 heterocycles. The van der Waals surface area contributed by atoms with Crippen molar-refractivity contribution in [2.24, 2.45) is 11.8 Å². The van der Waals surface area contributed by atoms with Crippen molar-refractivity contribution in [2.75, 3.05) is 10.2 Å². The number of nitrogens with one attached hydrogen (secondary N) is 1. The lowest BCUT2D eigenvalue weighted by Crippen LogP contribution is -2.33. The van der Waals surface area contributed by atoms with E-state index in [-0.39, 0.29) is 11.3 Å². The molecule has 0 unspecified atom stereocenters. The lowest BCUT2D eigenvalue weighted by atomic mass is 9.82. The van der Waals surface area contributed by atoms with Gasteiger partial charge >= 0.3 is 6.18 Å². The monoisotopic (exact) mass is 428 g/mol. The van der Waals surface area contributed by atoms with Crippen LogP contribution >= 0.6 is 0 Å². The highest BCUT2D eigenvalue weighted by molar-refractivity contribution is 6.25. The number of hydrogen-bond donors (Lipinski definition) is 1. The number of carbonyl (C=O) groups is 3. The molecule has 1 aliphatic carbocycles. The average molecular weight is 428 g/mol. The molecule has 2 aromatic carbocycles. The van der Waals surface area contributed by atoms with E-state index in [1.54, 1.807) is 6.07 Å². The number of rotatable bonds is 3. The quantitative estimate of drug-likeness (QED) is 0.564. The summed E-state index contributed by atoms with van der Waals surface area (Å²) in [5.74, 6) is -2.59. The first-order valence-corrected chi connectivity index (χ1v) is 9.78. The van der Waals surface area contributed by atoms with E-state index in [1.807, 2.05) is 13.0 Å². The second-order valence-electron chi connectivity index (χ2n) is 7.73. The highest BCUT2D eigenvalue weighted by atomic mass is 19.4. The predicted octanol–water partition coefficient (Wildman–Crippen LogP) is 4.80. The second-order valence-corrected chi connectivity index (χ2v) is 7.73. The van der Waals surface area contributed by atoms with Crippen LogP contribution in [0.2, 0.25) is 0 Å². The molecular formula is C23H19F3N2O3. The normalized spacial score (nSPS) is 21.0. The molecule has 0 bridgehead atoms. The van der Waals surface area contributed by atoms with E-state index in [2.05, 4.69) is 5.32 Å². The van der Waals surface area contributed by atoms with Crippen molar-refractivity contribution in [1.82, 2.24) is 0 Å². The molecular weight excluding hydrogens is 409 g/mol. The molecule has 1 aliphatic heterocycles. The van der Waals surface area contributed by atoms with Gasteiger partial charge in [-0.25, -0.2) is 4.90 Å². The number of fused-ring (bicyclic) bond motifs is 1. The van der Waals surface area contributed by atoms with Crippen LogP contribution in [0.25, 0.3) is 0 Å². The van der Waals surface area contributed by atoms with Gasteiger partial charge in [-0.2, -0.15) is 13.2 Å². The average Bonchev–Trinajstić information content (AvgIpc) is 2.97. The molecule has 4 rings (SSSR count). The first kappa shape index (κ1) is 20.8. The fourth-order valence-corrected chi connectivity index (χ4v) is 4.16. The van der Waals surface area contributed by atoms with Gasteiger partial charge < -0.3 is 5.32 Å². The Balaban J connectivity index is 1.67. The largest absolute Gasteiger partial charge is 0.418 e. The summed E-state index contributed by atoms with van der Waals surface area (Å²) in [6, 6.07) is 10.6. The van der Waals surface area contributed by atoms with Crippen LogP contribution in [0.15, 0.2) is 60.2 Å². The number of amides is 3. The van der Waals surface area contributed by atoms with Crippen molar-refractivity contribution in [3.8, 4) is 0 Å². The molecule has 5 nitrogen and oxygen atoms in total. The molecule has 2 aromatic rings. The van der Waals surface area contributed by atoms with Crippen LogP contribution in [0.5, 0.6) is 0 Å². The number of hydrogen-bond acceptors (Lipinski definition) is 3. The third kappa shape index (κ3) is 3.73. The van der Waals surface area contributed by atoms with E-state index >= 15 is 0 Å². The summed E-state index contributed by atoms with van der Waals surface area (Å²) in [6.45, 7) is 1.90. The van der Waals surface area contributed by atoms with Crippen LogP contribution < -0.4 is 10.2 Å². The zero-order chi connectivity index (χ0) is 22.3. The Kier molecular flexibility index (Phi) is 5.16. The second kappa shape index (κ2) is 7.68. The van der Waals surface area contributed by atoms with Gasteiger partial charge in [0.2, 0.25) is 11.8 Å². The highest BCUT2D eigenvalue weighted by Crippen LogP contribution is 2.41. The standard InChI is InChI=1S/C23H19F3N2O3/c1-13-10-11-14-16(12-13)22(31)28(21(14)30)19-9-5-2-6-15(19)20(29)27-18-8-4-3-7-17(18)23(24,25)26/h2-10,14,16H,11-12H2,1H3,(H,27,29)/t14-,16-/m0/s1. The molecule has 160 valence electrons. The molecule has 0 radical (unpaired) electrons. The maximum Gasteiger partial charge on any atom is 0.418 e. The van der Waals surface area contributed by atoms with Gasteiger partial charge in [-0.15, -0.1) is 0 Å². The van der Waals surface area contributed by atoms with Crippen LogP contribution in [0, 0.1) is 11.8 Å². The molecule has 1 N–H and O–H groups in total. The summed E-state index contributed by atoms with van der Waals surface area (Å²) >= 11 is 0. The van der Waals surface area contributed by atoms with E-state index in [9.17, 15) is 27.6 Å². The molecule has 2 aliphatic rings. The Morgan fingerprint density at radius 3 is 2.39 bits per heavy atom. The highest BCUT2D eigenvalue weighted by Gasteiger charge is 2.49. The summed E-state index contributed by atoms with van der Waals surface area (Å²) in [6.07, 6.45) is -1.79. The summed E-state index contributed by atoms with van der Waals surface area (Å²) in [5.41, 5.74) is -0.334. The maximum absolute atomic E-state index is 13.3. The smallest absolute Gasteiger partial charge is 0.321 e. The van der Waals surface area contributed by atoms with Gasteiger partial charge in [0.25, 0.3) is 5.91 Å². The number of carbonyl (C=O) groups excluding carboxylic acids is 3. The molecule has 0 aromatic heterocycles. The van der Waals surface area contributed by atoms with Crippen LogP contribution in [0.1, 0.15) is 35.7 Å². The summed E-state index contributed by atoms with van der Waals surface area (Å²) in [5, 5.41) is 2.28. The number of allylic oxidation sites excluding steroid dienone is 2. The van der Waals surface area contributed by atoms with Gasteiger partial charge in [-0.3, -0.25) is 14.4 Å². The SMILES string of the molecule is CC1=CC[C@@H]2C(=O)N(c3ccccc3C(=O)Nc3ccccc3C(F)(F)F)C(=O)[C@H]2C1. The maximum atomic E-state index is 13.3. The van der Waals surface area contributed by atoms with E-state index < -0.39 is 47.0 Å². The zero-order valence-electron chi connectivity index (χ0n) is 16.6. The number of benzene rings is 2. The van der Waals surface area contributed by atoms with Crippen molar-refractivity contribution in [3.05, 3.63) is 71.3 Å². The molecule has 8 heteroatoms. The number of halogens is 3. The van der Waals surface area contributed by atoms with Gasteiger partial charge in [-0.1, -0.05) is 35.9 Å². The number of alkyl halides is 3. The third-order valence-electron chi connectivity index (χ3n) is 5.69. The lowest BCUT2D eigenvalue weighted by molar-refractivity contribution is -0.137. The Bertz CT molecular complexity index is 1110. The molecule has 31 heavy (non-hydrogen) atoms. The fraction of sp³-hybridized carbons (Fsp3) is 0.261. The molecule has 0 saturated carbocycles. The first-order chi connectivity index (χ1) is 14.7. The van der Waals surface area contributed by atoms with E-state index in [0.717, 1.165) is 22.6 Å². The topological polar surface area (TPSA) is 66.5 Å². The van der Waals surface area contributed by atoms with Crippen LogP contribution in [-0.2, 0) is 15.8 Å². The molecule has 0 spiro atoms. The van der Waals surface area contributed by atoms with Crippen LogP contribution in [0.4, 0.5) is 24.5 Å². The van der Waals surface area contributed by atoms with Crippen LogP contribution in [0.3, 0.4) is 0 Å². The van der Waals surface area contributed by atoms with Crippen molar-refractivity contribution in [2.45, 2.75) is 25.9 Å². The Hall–Kier alpha value is -3.42.